The molecule has 16 heavy (non-hydrogen) atoms. The average molecular weight is 223 g/mol. The van der Waals surface area contributed by atoms with E-state index in [9.17, 15) is 0 Å². The molecule has 1 nitrogen and oxygen atoms in total. The van der Waals surface area contributed by atoms with Crippen molar-refractivity contribution in [3.05, 3.63) is 0 Å². The van der Waals surface area contributed by atoms with Gasteiger partial charge in [0.15, 0.2) is 0 Å². The van der Waals surface area contributed by atoms with Crippen LogP contribution in [0.15, 0.2) is 0 Å². The van der Waals surface area contributed by atoms with Crippen LogP contribution in [0, 0.1) is 17.8 Å². The standard InChI is InChI=1S/C15H29N/c1-11-5-4-6-14(9-7-11)16-15-10-8-12(2)13(15)3/h11-16H,4-10H2,1-3H3. The lowest BCUT2D eigenvalue weighted by Gasteiger charge is -2.26. The third kappa shape index (κ3) is 3.00. The Morgan fingerprint density at radius 2 is 1.62 bits per heavy atom. The molecule has 0 spiro atoms. The smallest absolute Gasteiger partial charge is 0.00979 e. The molecule has 0 heterocycles. The summed E-state index contributed by atoms with van der Waals surface area (Å²) >= 11 is 0. The van der Waals surface area contributed by atoms with Crippen LogP contribution in [-0.4, -0.2) is 12.1 Å². The van der Waals surface area contributed by atoms with E-state index in [1.165, 1.54) is 44.9 Å². The van der Waals surface area contributed by atoms with E-state index < -0.39 is 0 Å². The van der Waals surface area contributed by atoms with Crippen molar-refractivity contribution in [1.82, 2.24) is 5.32 Å². The fraction of sp³-hybridized carbons (Fsp3) is 1.00. The van der Waals surface area contributed by atoms with E-state index in [0.717, 1.165) is 29.8 Å². The van der Waals surface area contributed by atoms with E-state index in [-0.39, 0.29) is 0 Å². The van der Waals surface area contributed by atoms with Crippen molar-refractivity contribution in [2.24, 2.45) is 17.8 Å². The lowest BCUT2D eigenvalue weighted by atomic mass is 9.96. The first kappa shape index (κ1) is 12.4. The predicted molar refractivity (Wildman–Crippen MR) is 70.5 cm³/mol. The summed E-state index contributed by atoms with van der Waals surface area (Å²) < 4.78 is 0. The highest BCUT2D eigenvalue weighted by molar-refractivity contribution is 4.87. The summed E-state index contributed by atoms with van der Waals surface area (Å²) in [5, 5.41) is 3.96. The van der Waals surface area contributed by atoms with Gasteiger partial charge in [0.2, 0.25) is 0 Å². The highest BCUT2D eigenvalue weighted by Gasteiger charge is 2.31. The normalized spacial score (nSPS) is 45.6. The maximum atomic E-state index is 3.96. The molecular weight excluding hydrogens is 194 g/mol. The van der Waals surface area contributed by atoms with Gasteiger partial charge in [0.25, 0.3) is 0 Å². The third-order valence-corrected chi connectivity index (χ3v) is 5.17. The Hall–Kier alpha value is -0.0400. The number of rotatable bonds is 2. The SMILES string of the molecule is CC1CCCC(NC2CCC(C)C2C)CC1. The summed E-state index contributed by atoms with van der Waals surface area (Å²) in [7, 11) is 0. The van der Waals surface area contributed by atoms with Crippen LogP contribution in [0.2, 0.25) is 0 Å². The summed E-state index contributed by atoms with van der Waals surface area (Å²) in [5.74, 6) is 2.79. The van der Waals surface area contributed by atoms with Gasteiger partial charge >= 0.3 is 0 Å². The molecule has 1 N–H and O–H groups in total. The predicted octanol–water partition coefficient (Wildman–Crippen LogP) is 3.98. The van der Waals surface area contributed by atoms with Gasteiger partial charge in [-0.2, -0.15) is 0 Å². The molecular formula is C15H29N. The van der Waals surface area contributed by atoms with Crippen molar-refractivity contribution >= 4 is 0 Å². The fourth-order valence-electron chi connectivity index (χ4n) is 3.56. The minimum atomic E-state index is 0.813. The number of hydrogen-bond acceptors (Lipinski definition) is 1. The van der Waals surface area contributed by atoms with Gasteiger partial charge in [-0.15, -0.1) is 0 Å². The van der Waals surface area contributed by atoms with Crippen molar-refractivity contribution in [3.8, 4) is 0 Å². The zero-order chi connectivity index (χ0) is 11.5. The van der Waals surface area contributed by atoms with Gasteiger partial charge in [0.05, 0.1) is 0 Å². The van der Waals surface area contributed by atoms with Crippen LogP contribution in [0.25, 0.3) is 0 Å². The molecule has 0 saturated heterocycles. The molecule has 2 fully saturated rings. The number of nitrogens with one attached hydrogen (secondary N) is 1. The van der Waals surface area contributed by atoms with E-state index in [1.54, 1.807) is 0 Å². The monoisotopic (exact) mass is 223 g/mol. The molecule has 5 unspecified atom stereocenters. The van der Waals surface area contributed by atoms with Crippen LogP contribution in [0.4, 0.5) is 0 Å². The summed E-state index contributed by atoms with van der Waals surface area (Å²) in [6, 6.07) is 1.64. The fourth-order valence-corrected chi connectivity index (χ4v) is 3.56. The van der Waals surface area contributed by atoms with Gasteiger partial charge in [-0.05, 0) is 49.9 Å². The molecule has 0 aromatic rings. The second-order valence-electron chi connectivity index (χ2n) is 6.50. The first-order valence-electron chi connectivity index (χ1n) is 7.43. The van der Waals surface area contributed by atoms with Crippen LogP contribution >= 0.6 is 0 Å². The second kappa shape index (κ2) is 5.53. The van der Waals surface area contributed by atoms with Crippen molar-refractivity contribution in [3.63, 3.8) is 0 Å². The van der Waals surface area contributed by atoms with Crippen molar-refractivity contribution < 1.29 is 0 Å². The van der Waals surface area contributed by atoms with Crippen molar-refractivity contribution in [2.75, 3.05) is 0 Å². The van der Waals surface area contributed by atoms with E-state index in [4.69, 9.17) is 0 Å². The Bertz CT molecular complexity index is 213. The van der Waals surface area contributed by atoms with Gasteiger partial charge in [-0.1, -0.05) is 33.6 Å². The molecule has 5 atom stereocenters. The first-order chi connectivity index (χ1) is 7.66. The zero-order valence-corrected chi connectivity index (χ0v) is 11.3. The molecule has 0 bridgehead atoms. The molecule has 0 aromatic heterocycles. The quantitative estimate of drug-likeness (QED) is 0.698. The van der Waals surface area contributed by atoms with Gasteiger partial charge in [0, 0.05) is 12.1 Å². The lowest BCUT2D eigenvalue weighted by molar-refractivity contribution is 0.320. The average Bonchev–Trinajstić information content (AvgIpc) is 2.48. The minimum absolute atomic E-state index is 0.813. The molecule has 94 valence electrons. The van der Waals surface area contributed by atoms with Gasteiger partial charge in [-0.3, -0.25) is 0 Å². The van der Waals surface area contributed by atoms with Crippen molar-refractivity contribution in [2.45, 2.75) is 77.8 Å². The molecule has 2 aliphatic carbocycles. The summed E-state index contributed by atoms with van der Waals surface area (Å²) in [6.45, 7) is 7.28. The van der Waals surface area contributed by atoms with Crippen LogP contribution in [0.3, 0.4) is 0 Å². The molecule has 0 aromatic carbocycles. The van der Waals surface area contributed by atoms with E-state index in [1.807, 2.05) is 0 Å². The van der Waals surface area contributed by atoms with Gasteiger partial charge < -0.3 is 5.32 Å². The minimum Gasteiger partial charge on any atom is -0.311 e. The molecule has 0 radical (unpaired) electrons. The Kier molecular flexibility index (Phi) is 4.29. The molecule has 0 amide bonds. The molecule has 2 saturated carbocycles. The van der Waals surface area contributed by atoms with E-state index >= 15 is 0 Å². The summed E-state index contributed by atoms with van der Waals surface area (Å²) in [6.07, 6.45) is 10.0. The maximum absolute atomic E-state index is 3.96. The highest BCUT2D eigenvalue weighted by Crippen LogP contribution is 2.32. The topological polar surface area (TPSA) is 12.0 Å². The first-order valence-corrected chi connectivity index (χ1v) is 7.43. The van der Waals surface area contributed by atoms with Crippen LogP contribution < -0.4 is 5.32 Å². The largest absolute Gasteiger partial charge is 0.311 e. The molecule has 2 rings (SSSR count). The van der Waals surface area contributed by atoms with Crippen LogP contribution in [0.1, 0.15) is 65.7 Å². The van der Waals surface area contributed by atoms with E-state index in [2.05, 4.69) is 26.1 Å². The molecule has 0 aliphatic heterocycles. The number of hydrogen-bond donors (Lipinski definition) is 1. The Labute approximate surface area is 101 Å². The molecule has 1 heteroatoms. The van der Waals surface area contributed by atoms with Crippen LogP contribution in [-0.2, 0) is 0 Å². The highest BCUT2D eigenvalue weighted by atomic mass is 15.0. The molecule has 2 aliphatic rings. The summed E-state index contributed by atoms with van der Waals surface area (Å²) in [5.41, 5.74) is 0. The third-order valence-electron chi connectivity index (χ3n) is 5.17. The second-order valence-corrected chi connectivity index (χ2v) is 6.50. The lowest BCUT2D eigenvalue weighted by Crippen LogP contribution is -2.40. The Morgan fingerprint density at radius 3 is 2.31 bits per heavy atom. The van der Waals surface area contributed by atoms with Crippen molar-refractivity contribution in [1.29, 1.82) is 0 Å². The summed E-state index contributed by atoms with van der Waals surface area (Å²) in [4.78, 5) is 0. The Balaban J connectivity index is 1.80. The van der Waals surface area contributed by atoms with Crippen LogP contribution in [0.5, 0.6) is 0 Å². The van der Waals surface area contributed by atoms with Gasteiger partial charge in [-0.25, -0.2) is 0 Å². The van der Waals surface area contributed by atoms with E-state index in [0.29, 0.717) is 0 Å². The zero-order valence-electron chi connectivity index (χ0n) is 11.3. The Morgan fingerprint density at radius 1 is 0.812 bits per heavy atom. The van der Waals surface area contributed by atoms with Gasteiger partial charge in [0.1, 0.15) is 0 Å². The maximum Gasteiger partial charge on any atom is 0.00979 e.